The number of esters is 1. The van der Waals surface area contributed by atoms with Crippen molar-refractivity contribution >= 4 is 35.1 Å². The van der Waals surface area contributed by atoms with Crippen molar-refractivity contribution in [2.24, 2.45) is 0 Å². The molecule has 1 heterocycles. The van der Waals surface area contributed by atoms with Gasteiger partial charge in [-0.2, -0.15) is 0 Å². The van der Waals surface area contributed by atoms with Gasteiger partial charge in [0.15, 0.2) is 0 Å². The number of nitrogens with zero attached hydrogens (tertiary/aromatic N) is 1. The van der Waals surface area contributed by atoms with Gasteiger partial charge in [0.1, 0.15) is 0 Å². The first-order chi connectivity index (χ1) is 13.0. The molecule has 0 unspecified atom stereocenters. The molecule has 2 aromatic rings. The van der Waals surface area contributed by atoms with Gasteiger partial charge in [-0.15, -0.1) is 0 Å². The van der Waals surface area contributed by atoms with Crippen molar-refractivity contribution in [3.8, 4) is 0 Å². The van der Waals surface area contributed by atoms with Gasteiger partial charge in [0.05, 0.1) is 18.7 Å². The minimum absolute atomic E-state index is 0.178. The summed E-state index contributed by atoms with van der Waals surface area (Å²) in [5, 5.41) is 0.502. The first-order valence-electron chi connectivity index (χ1n) is 8.57. The van der Waals surface area contributed by atoms with E-state index in [0.717, 1.165) is 10.5 Å². The Morgan fingerprint density at radius 3 is 2.22 bits per heavy atom. The average Bonchev–Trinajstić information content (AvgIpc) is 2.88. The Kier molecular flexibility index (Phi) is 5.72. The van der Waals surface area contributed by atoms with Crippen molar-refractivity contribution in [2.75, 3.05) is 11.5 Å². The first kappa shape index (κ1) is 18.9. The zero-order valence-electron chi connectivity index (χ0n) is 14.8. The van der Waals surface area contributed by atoms with Crippen LogP contribution in [0.5, 0.6) is 0 Å². The lowest BCUT2D eigenvalue weighted by molar-refractivity contribution is -0.142. The fourth-order valence-corrected chi connectivity index (χ4v) is 3.09. The summed E-state index contributed by atoms with van der Waals surface area (Å²) in [6.45, 7) is 1.90. The number of amides is 2. The summed E-state index contributed by atoms with van der Waals surface area (Å²) in [4.78, 5) is 39.0. The van der Waals surface area contributed by atoms with Gasteiger partial charge in [-0.1, -0.05) is 41.9 Å². The molecule has 0 aliphatic carbocycles. The molecule has 0 fully saturated rings. The van der Waals surface area contributed by atoms with Crippen molar-refractivity contribution in [1.82, 2.24) is 0 Å². The van der Waals surface area contributed by atoms with Crippen molar-refractivity contribution in [1.29, 1.82) is 0 Å². The van der Waals surface area contributed by atoms with Gasteiger partial charge in [0.2, 0.25) is 0 Å². The molecule has 0 saturated heterocycles. The number of hydrogen-bond acceptors (Lipinski definition) is 4. The minimum Gasteiger partial charge on any atom is -0.466 e. The highest BCUT2D eigenvalue weighted by Crippen LogP contribution is 2.31. The van der Waals surface area contributed by atoms with E-state index in [-0.39, 0.29) is 25.0 Å². The van der Waals surface area contributed by atoms with E-state index in [2.05, 4.69) is 0 Å². The summed E-state index contributed by atoms with van der Waals surface area (Å²) in [6.07, 6.45) is 0.0366. The molecule has 6 heteroatoms. The van der Waals surface area contributed by atoms with Crippen LogP contribution in [0.4, 0.5) is 5.69 Å². The zero-order valence-corrected chi connectivity index (χ0v) is 15.5. The van der Waals surface area contributed by atoms with E-state index in [1.54, 1.807) is 31.2 Å². The summed E-state index contributed by atoms with van der Waals surface area (Å²) in [5.41, 5.74) is 1.79. The van der Waals surface area contributed by atoms with Crippen LogP contribution >= 0.6 is 11.6 Å². The third kappa shape index (κ3) is 4.09. The largest absolute Gasteiger partial charge is 0.466 e. The second-order valence-corrected chi connectivity index (χ2v) is 6.46. The molecule has 0 atom stereocenters. The van der Waals surface area contributed by atoms with Gasteiger partial charge in [-0.05, 0) is 36.8 Å². The van der Waals surface area contributed by atoms with Crippen LogP contribution in [-0.2, 0) is 25.5 Å². The highest BCUT2D eigenvalue weighted by molar-refractivity contribution is 6.34. The normalized spacial score (nSPS) is 14.1. The predicted molar refractivity (Wildman–Crippen MR) is 102 cm³/mol. The monoisotopic (exact) mass is 383 g/mol. The Morgan fingerprint density at radius 2 is 1.59 bits per heavy atom. The molecule has 2 amide bonds. The molecule has 0 saturated carbocycles. The summed E-state index contributed by atoms with van der Waals surface area (Å²) in [7, 11) is 0. The van der Waals surface area contributed by atoms with Crippen LogP contribution in [0.2, 0.25) is 5.02 Å². The van der Waals surface area contributed by atoms with E-state index in [1.807, 2.05) is 30.3 Å². The molecule has 0 N–H and O–H groups in total. The van der Waals surface area contributed by atoms with Crippen molar-refractivity contribution in [3.05, 3.63) is 76.3 Å². The van der Waals surface area contributed by atoms with E-state index in [4.69, 9.17) is 16.3 Å². The third-order valence-electron chi connectivity index (χ3n) is 4.22. The van der Waals surface area contributed by atoms with Crippen molar-refractivity contribution in [3.63, 3.8) is 0 Å². The van der Waals surface area contributed by atoms with Crippen LogP contribution < -0.4 is 4.90 Å². The molecule has 1 aliphatic rings. The third-order valence-corrected chi connectivity index (χ3v) is 4.47. The maximum absolute atomic E-state index is 13.0. The Bertz CT molecular complexity index is 904. The Hall–Kier alpha value is -2.92. The van der Waals surface area contributed by atoms with Gasteiger partial charge in [-0.3, -0.25) is 14.4 Å². The Labute approximate surface area is 162 Å². The number of rotatable bonds is 6. The lowest BCUT2D eigenvalue weighted by atomic mass is 10.00. The number of carbonyl (C=O) groups excluding carboxylic acids is 3. The Morgan fingerprint density at radius 1 is 0.963 bits per heavy atom. The van der Waals surface area contributed by atoms with Gasteiger partial charge >= 0.3 is 5.97 Å². The SMILES string of the molecule is CCOC(=O)CC1=C(Cc2ccccc2)C(=O)N(c2ccc(Cl)cc2)C1=O. The highest BCUT2D eigenvalue weighted by Gasteiger charge is 2.39. The molecular weight excluding hydrogens is 366 g/mol. The summed E-state index contributed by atoms with van der Waals surface area (Å²) >= 11 is 5.90. The van der Waals surface area contributed by atoms with Gasteiger partial charge in [-0.25, -0.2) is 4.90 Å². The van der Waals surface area contributed by atoms with Crippen LogP contribution in [-0.4, -0.2) is 24.4 Å². The van der Waals surface area contributed by atoms with E-state index < -0.39 is 17.8 Å². The zero-order chi connectivity index (χ0) is 19.4. The summed E-state index contributed by atoms with van der Waals surface area (Å²) in [6, 6.07) is 15.8. The fraction of sp³-hybridized carbons (Fsp3) is 0.190. The van der Waals surface area contributed by atoms with Crippen LogP contribution in [0, 0.1) is 0 Å². The lowest BCUT2D eigenvalue weighted by Crippen LogP contribution is -2.32. The molecule has 0 radical (unpaired) electrons. The van der Waals surface area contributed by atoms with Gasteiger partial charge < -0.3 is 4.74 Å². The van der Waals surface area contributed by atoms with Crippen molar-refractivity contribution in [2.45, 2.75) is 19.8 Å². The van der Waals surface area contributed by atoms with Crippen LogP contribution in [0.3, 0.4) is 0 Å². The highest BCUT2D eigenvalue weighted by atomic mass is 35.5. The average molecular weight is 384 g/mol. The van der Waals surface area contributed by atoms with E-state index in [1.165, 1.54) is 0 Å². The quantitative estimate of drug-likeness (QED) is 0.563. The van der Waals surface area contributed by atoms with E-state index in [9.17, 15) is 14.4 Å². The number of ether oxygens (including phenoxy) is 1. The second kappa shape index (κ2) is 8.18. The maximum Gasteiger partial charge on any atom is 0.310 e. The van der Waals surface area contributed by atoms with Crippen LogP contribution in [0.1, 0.15) is 18.9 Å². The Balaban J connectivity index is 1.97. The molecule has 27 heavy (non-hydrogen) atoms. The molecule has 1 aliphatic heterocycles. The molecule has 2 aromatic carbocycles. The lowest BCUT2D eigenvalue weighted by Gasteiger charge is -2.15. The van der Waals surface area contributed by atoms with Gasteiger partial charge in [0, 0.05) is 22.6 Å². The number of anilines is 1. The topological polar surface area (TPSA) is 63.7 Å². The molecule has 0 spiro atoms. The second-order valence-electron chi connectivity index (χ2n) is 6.02. The number of halogens is 1. The fourth-order valence-electron chi connectivity index (χ4n) is 2.97. The van der Waals surface area contributed by atoms with Crippen molar-refractivity contribution < 1.29 is 19.1 Å². The van der Waals surface area contributed by atoms with Crippen LogP contribution in [0.15, 0.2) is 65.7 Å². The van der Waals surface area contributed by atoms with E-state index in [0.29, 0.717) is 16.3 Å². The standard InChI is InChI=1S/C21H18ClNO4/c1-2-27-19(24)13-18-17(12-14-6-4-3-5-7-14)20(25)23(21(18)26)16-10-8-15(22)9-11-16/h3-11H,2,12-13H2,1H3. The molecule has 5 nitrogen and oxygen atoms in total. The minimum atomic E-state index is -0.530. The predicted octanol–water partition coefficient (Wildman–Crippen LogP) is 3.71. The molecule has 3 rings (SSSR count). The van der Waals surface area contributed by atoms with Crippen LogP contribution in [0.25, 0.3) is 0 Å². The molecule has 0 aromatic heterocycles. The maximum atomic E-state index is 13.0. The number of benzene rings is 2. The summed E-state index contributed by atoms with van der Waals surface area (Å²) in [5.74, 6) is -1.45. The number of carbonyl (C=O) groups is 3. The van der Waals surface area contributed by atoms with E-state index >= 15 is 0 Å². The molecule has 0 bridgehead atoms. The smallest absolute Gasteiger partial charge is 0.310 e. The molecule has 138 valence electrons. The molecular formula is C21H18ClNO4. The first-order valence-corrected chi connectivity index (χ1v) is 8.95. The number of imide groups is 1. The summed E-state index contributed by atoms with van der Waals surface area (Å²) < 4.78 is 4.97. The van der Waals surface area contributed by atoms with Gasteiger partial charge in [0.25, 0.3) is 11.8 Å². The number of hydrogen-bond donors (Lipinski definition) is 0.